The number of aromatic nitrogens is 3. The van der Waals surface area contributed by atoms with Crippen molar-refractivity contribution in [3.63, 3.8) is 0 Å². The molecule has 2 N–H and O–H groups in total. The van der Waals surface area contributed by atoms with Crippen LogP contribution in [0.25, 0.3) is 5.69 Å². The molecule has 0 bridgehead atoms. The number of anilines is 1. The minimum atomic E-state index is -0.702. The fourth-order valence-corrected chi connectivity index (χ4v) is 2.09. The minimum Gasteiger partial charge on any atom is -0.399 e. The van der Waals surface area contributed by atoms with Gasteiger partial charge in [-0.2, -0.15) is 9.78 Å². The highest BCUT2D eigenvalue weighted by Gasteiger charge is 2.13. The molecule has 0 radical (unpaired) electrons. The molecule has 0 fully saturated rings. The first-order valence-corrected chi connectivity index (χ1v) is 6.49. The summed E-state index contributed by atoms with van der Waals surface area (Å²) < 4.78 is 29.6. The van der Waals surface area contributed by atoms with E-state index in [0.717, 1.165) is 21.4 Å². The first-order chi connectivity index (χ1) is 10.6. The number of hydrogen-bond acceptors (Lipinski definition) is 3. The lowest BCUT2D eigenvalue weighted by Gasteiger charge is -2.04. The molecule has 22 heavy (non-hydrogen) atoms. The topological polar surface area (TPSA) is 65.8 Å². The largest absolute Gasteiger partial charge is 0.399 e. The lowest BCUT2D eigenvalue weighted by atomic mass is 10.2. The van der Waals surface area contributed by atoms with E-state index in [9.17, 15) is 13.6 Å². The molecule has 0 aliphatic heterocycles. The molecule has 3 aromatic rings. The van der Waals surface area contributed by atoms with Crippen molar-refractivity contribution >= 4 is 5.69 Å². The smallest absolute Gasteiger partial charge is 0.350 e. The summed E-state index contributed by atoms with van der Waals surface area (Å²) in [5.41, 5.74) is 6.00. The van der Waals surface area contributed by atoms with Crippen molar-refractivity contribution in [1.82, 2.24) is 14.3 Å². The Morgan fingerprint density at radius 2 is 1.68 bits per heavy atom. The summed E-state index contributed by atoms with van der Waals surface area (Å²) in [6.07, 6.45) is 1.24. The molecular weight excluding hydrogens is 290 g/mol. The highest BCUT2D eigenvalue weighted by atomic mass is 19.1. The molecule has 0 saturated heterocycles. The van der Waals surface area contributed by atoms with Gasteiger partial charge in [0.05, 0.1) is 12.2 Å². The quantitative estimate of drug-likeness (QED) is 0.752. The zero-order valence-electron chi connectivity index (χ0n) is 11.4. The van der Waals surface area contributed by atoms with Gasteiger partial charge in [0.1, 0.15) is 18.0 Å². The van der Waals surface area contributed by atoms with Crippen LogP contribution in [0.15, 0.2) is 53.6 Å². The SMILES string of the molecule is Nc1ccc(-n2ncn(Cc3c(F)cccc3F)c2=O)cc1. The van der Waals surface area contributed by atoms with Gasteiger partial charge in [-0.15, -0.1) is 0 Å². The van der Waals surface area contributed by atoms with Gasteiger partial charge in [0.15, 0.2) is 0 Å². The third-order valence-electron chi connectivity index (χ3n) is 3.26. The normalized spacial score (nSPS) is 10.8. The van der Waals surface area contributed by atoms with Crippen LogP contribution in [0.2, 0.25) is 0 Å². The molecule has 3 rings (SSSR count). The van der Waals surface area contributed by atoms with Crippen molar-refractivity contribution in [1.29, 1.82) is 0 Å². The van der Waals surface area contributed by atoms with E-state index in [1.807, 2.05) is 0 Å². The Morgan fingerprint density at radius 1 is 1.05 bits per heavy atom. The van der Waals surface area contributed by atoms with E-state index in [4.69, 9.17) is 5.73 Å². The zero-order chi connectivity index (χ0) is 15.7. The monoisotopic (exact) mass is 302 g/mol. The Hall–Kier alpha value is -2.96. The standard InChI is InChI=1S/C15H12F2N4O/c16-13-2-1-3-14(17)12(13)8-20-9-19-21(15(20)22)11-6-4-10(18)5-7-11/h1-7,9H,8,18H2. The Morgan fingerprint density at radius 3 is 2.32 bits per heavy atom. The number of benzene rings is 2. The van der Waals surface area contributed by atoms with E-state index in [-0.39, 0.29) is 12.1 Å². The third-order valence-corrected chi connectivity index (χ3v) is 3.26. The number of nitrogen functional groups attached to an aromatic ring is 1. The average Bonchev–Trinajstić information content (AvgIpc) is 2.85. The molecule has 5 nitrogen and oxygen atoms in total. The summed E-state index contributed by atoms with van der Waals surface area (Å²) in [7, 11) is 0. The van der Waals surface area contributed by atoms with Gasteiger partial charge in [-0.1, -0.05) is 6.07 Å². The predicted molar refractivity (Wildman–Crippen MR) is 77.7 cm³/mol. The van der Waals surface area contributed by atoms with E-state index in [2.05, 4.69) is 5.10 Å². The molecular formula is C15H12F2N4O. The van der Waals surface area contributed by atoms with Crippen LogP contribution in [0.5, 0.6) is 0 Å². The molecule has 0 aliphatic carbocycles. The van der Waals surface area contributed by atoms with Crippen LogP contribution in [-0.4, -0.2) is 14.3 Å². The molecule has 0 spiro atoms. The molecule has 0 aliphatic rings. The number of nitrogens with zero attached hydrogens (tertiary/aromatic N) is 3. The zero-order valence-corrected chi connectivity index (χ0v) is 11.4. The van der Waals surface area contributed by atoms with Crippen LogP contribution in [0.3, 0.4) is 0 Å². The van der Waals surface area contributed by atoms with Crippen LogP contribution in [0.1, 0.15) is 5.56 Å². The van der Waals surface area contributed by atoms with Crippen LogP contribution in [0.4, 0.5) is 14.5 Å². The number of halogens is 2. The summed E-state index contributed by atoms with van der Waals surface area (Å²) in [6.45, 7) is -0.230. The molecule has 2 aromatic carbocycles. The van der Waals surface area contributed by atoms with Crippen LogP contribution in [0, 0.1) is 11.6 Å². The molecule has 0 unspecified atom stereocenters. The summed E-state index contributed by atoms with van der Waals surface area (Å²) in [6, 6.07) is 10.1. The van der Waals surface area contributed by atoms with Gasteiger partial charge in [0.2, 0.25) is 0 Å². The van der Waals surface area contributed by atoms with Crippen LogP contribution in [-0.2, 0) is 6.54 Å². The molecule has 7 heteroatoms. The second kappa shape index (κ2) is 5.44. The Kier molecular flexibility index (Phi) is 3.46. The van der Waals surface area contributed by atoms with Gasteiger partial charge >= 0.3 is 5.69 Å². The van der Waals surface area contributed by atoms with Gasteiger partial charge in [-0.3, -0.25) is 4.57 Å². The molecule has 1 heterocycles. The minimum absolute atomic E-state index is 0.179. The molecule has 0 saturated carbocycles. The van der Waals surface area contributed by atoms with Crippen molar-refractivity contribution in [2.45, 2.75) is 6.54 Å². The van der Waals surface area contributed by atoms with Gasteiger partial charge in [-0.25, -0.2) is 13.6 Å². The van der Waals surface area contributed by atoms with E-state index in [1.165, 1.54) is 12.4 Å². The fourth-order valence-electron chi connectivity index (χ4n) is 2.09. The van der Waals surface area contributed by atoms with Crippen LogP contribution < -0.4 is 11.4 Å². The number of hydrogen-bond donors (Lipinski definition) is 1. The lowest BCUT2D eigenvalue weighted by Crippen LogP contribution is -2.24. The van der Waals surface area contributed by atoms with Crippen molar-refractivity contribution < 1.29 is 8.78 Å². The van der Waals surface area contributed by atoms with Gasteiger partial charge in [0, 0.05) is 11.3 Å². The van der Waals surface area contributed by atoms with Crippen molar-refractivity contribution in [3.05, 3.63) is 76.5 Å². The second-order valence-corrected chi connectivity index (χ2v) is 4.74. The summed E-state index contributed by atoms with van der Waals surface area (Å²) in [5.74, 6) is -1.40. The fraction of sp³-hybridized carbons (Fsp3) is 0.0667. The summed E-state index contributed by atoms with van der Waals surface area (Å²) in [4.78, 5) is 12.3. The van der Waals surface area contributed by atoms with Gasteiger partial charge < -0.3 is 5.73 Å². The maximum absolute atomic E-state index is 13.6. The first-order valence-electron chi connectivity index (χ1n) is 6.49. The molecule has 0 atom stereocenters. The van der Waals surface area contributed by atoms with E-state index in [1.54, 1.807) is 24.3 Å². The Bertz CT molecular complexity index is 848. The Balaban J connectivity index is 1.98. The average molecular weight is 302 g/mol. The highest BCUT2D eigenvalue weighted by Crippen LogP contribution is 2.13. The third kappa shape index (κ3) is 2.48. The predicted octanol–water partition coefficient (Wildman–Crippen LogP) is 1.94. The van der Waals surface area contributed by atoms with Crippen LogP contribution >= 0.6 is 0 Å². The Labute approximate surface area is 124 Å². The molecule has 0 amide bonds. The molecule has 112 valence electrons. The van der Waals surface area contributed by atoms with Gasteiger partial charge in [-0.05, 0) is 36.4 Å². The lowest BCUT2D eigenvalue weighted by molar-refractivity contribution is 0.541. The second-order valence-electron chi connectivity index (χ2n) is 4.74. The summed E-state index contributed by atoms with van der Waals surface area (Å²) in [5, 5.41) is 3.95. The van der Waals surface area contributed by atoms with Crippen molar-refractivity contribution in [2.75, 3.05) is 5.73 Å². The van der Waals surface area contributed by atoms with Crippen molar-refractivity contribution in [2.24, 2.45) is 0 Å². The molecule has 1 aromatic heterocycles. The van der Waals surface area contributed by atoms with E-state index >= 15 is 0 Å². The highest BCUT2D eigenvalue weighted by molar-refractivity contribution is 5.44. The van der Waals surface area contributed by atoms with Crippen molar-refractivity contribution in [3.8, 4) is 5.69 Å². The number of rotatable bonds is 3. The maximum atomic E-state index is 13.6. The first kappa shape index (κ1) is 14.0. The van der Waals surface area contributed by atoms with Gasteiger partial charge in [0.25, 0.3) is 0 Å². The van der Waals surface area contributed by atoms with E-state index < -0.39 is 17.3 Å². The number of nitrogens with two attached hydrogens (primary N) is 1. The van der Waals surface area contributed by atoms with E-state index in [0.29, 0.717) is 11.4 Å². The summed E-state index contributed by atoms with van der Waals surface area (Å²) >= 11 is 0. The maximum Gasteiger partial charge on any atom is 0.350 e.